The average molecular weight is 1030 g/mol. The largest absolute Gasteiger partial charge is 0.488 e. The molecule has 0 radical (unpaired) electrons. The van der Waals surface area contributed by atoms with Crippen LogP contribution in [0.15, 0.2) is 151 Å². The summed E-state index contributed by atoms with van der Waals surface area (Å²) in [5.74, 6) is 0. The first-order chi connectivity index (χ1) is 27.6. The van der Waals surface area contributed by atoms with Gasteiger partial charge in [0.15, 0.2) is 0 Å². The van der Waals surface area contributed by atoms with Crippen molar-refractivity contribution in [3.63, 3.8) is 0 Å². The molecule has 7 aromatic rings. The molecular formula is C42H30B4Br4O8. The van der Waals surface area contributed by atoms with Gasteiger partial charge in [0.05, 0.1) is 0 Å². The molecule has 8 nitrogen and oxygen atoms in total. The summed E-state index contributed by atoms with van der Waals surface area (Å²) in [5.41, 5.74) is 10.7. The number of halogens is 4. The van der Waals surface area contributed by atoms with E-state index in [0.29, 0.717) is 39.7 Å². The number of hydrogen-bond donors (Lipinski definition) is 8. The van der Waals surface area contributed by atoms with Crippen molar-refractivity contribution in [2.45, 2.75) is 0 Å². The summed E-state index contributed by atoms with van der Waals surface area (Å²) in [4.78, 5) is 0. The minimum Gasteiger partial charge on any atom is -0.423 e. The van der Waals surface area contributed by atoms with Gasteiger partial charge >= 0.3 is 28.5 Å². The average Bonchev–Trinajstić information content (AvgIpc) is 3.19. The molecule has 0 aliphatic rings. The Bertz CT molecular complexity index is 2330. The standard InChI is InChI=1S/C42H30B4Br4O8/c47-39-15-31(11-35(19-39)43(51)52)27-5-25(6-28(9-27)32-12-36(44(53)54)20-40(48)16-32)23-1-2-24(4-3-23)26-7-29(33-13-37(45(55)56)21-41(49)17-33)10-30(8-26)34-14-38(46(57)58)22-42(50)18-34/h1-22,51-58H. The quantitative estimate of drug-likeness (QED) is 0.0840. The van der Waals surface area contributed by atoms with Gasteiger partial charge in [-0.05, 0) is 174 Å². The second-order valence-corrected chi connectivity index (χ2v) is 17.4. The Hall–Kier alpha value is -3.60. The zero-order valence-electron chi connectivity index (χ0n) is 30.1. The molecule has 0 bridgehead atoms. The highest BCUT2D eigenvalue weighted by Gasteiger charge is 2.19. The molecule has 7 rings (SSSR count). The van der Waals surface area contributed by atoms with Crippen LogP contribution in [0, 0.1) is 0 Å². The van der Waals surface area contributed by atoms with Gasteiger partial charge in [0, 0.05) is 17.9 Å². The van der Waals surface area contributed by atoms with E-state index in [-0.39, 0.29) is 0 Å². The van der Waals surface area contributed by atoms with Crippen LogP contribution in [0.2, 0.25) is 0 Å². The Labute approximate surface area is 369 Å². The van der Waals surface area contributed by atoms with Gasteiger partial charge in [-0.3, -0.25) is 0 Å². The van der Waals surface area contributed by atoms with Gasteiger partial charge in [-0.1, -0.05) is 112 Å². The summed E-state index contributed by atoms with van der Waals surface area (Å²) in [6.45, 7) is 0. The van der Waals surface area contributed by atoms with Gasteiger partial charge in [0.2, 0.25) is 0 Å². The predicted octanol–water partition coefficient (Wildman–Crippen LogP) is 5.46. The summed E-state index contributed by atoms with van der Waals surface area (Å²) >= 11 is 14.0. The fourth-order valence-electron chi connectivity index (χ4n) is 6.82. The van der Waals surface area contributed by atoms with Crippen LogP contribution in [-0.2, 0) is 0 Å². The van der Waals surface area contributed by atoms with E-state index in [2.05, 4.69) is 63.7 Å². The van der Waals surface area contributed by atoms with Crippen LogP contribution in [0.4, 0.5) is 0 Å². The van der Waals surface area contributed by atoms with Crippen LogP contribution < -0.4 is 21.9 Å². The monoisotopic (exact) mass is 1020 g/mol. The molecule has 0 amide bonds. The van der Waals surface area contributed by atoms with E-state index in [0.717, 1.165) is 66.8 Å². The summed E-state index contributed by atoms with van der Waals surface area (Å²) in [6.07, 6.45) is 0. The van der Waals surface area contributed by atoms with Crippen molar-refractivity contribution in [2.75, 3.05) is 0 Å². The van der Waals surface area contributed by atoms with Gasteiger partial charge in [-0.2, -0.15) is 0 Å². The molecule has 0 aliphatic carbocycles. The van der Waals surface area contributed by atoms with E-state index in [1.54, 1.807) is 48.5 Å². The first-order valence-corrected chi connectivity index (χ1v) is 20.9. The Morgan fingerprint density at radius 2 is 0.397 bits per heavy atom. The lowest BCUT2D eigenvalue weighted by molar-refractivity contribution is 0.424. The molecule has 0 atom stereocenters. The second-order valence-electron chi connectivity index (χ2n) is 13.8. The molecule has 16 heteroatoms. The molecule has 286 valence electrons. The maximum Gasteiger partial charge on any atom is 0.488 e. The van der Waals surface area contributed by atoms with Gasteiger partial charge in [0.1, 0.15) is 0 Å². The van der Waals surface area contributed by atoms with E-state index >= 15 is 0 Å². The maximum absolute atomic E-state index is 10.0. The van der Waals surface area contributed by atoms with Crippen molar-refractivity contribution in [2.24, 2.45) is 0 Å². The molecule has 0 saturated heterocycles. The highest BCUT2D eigenvalue weighted by atomic mass is 79.9. The topological polar surface area (TPSA) is 162 Å². The van der Waals surface area contributed by atoms with Gasteiger partial charge in [-0.25, -0.2) is 0 Å². The number of benzene rings is 7. The van der Waals surface area contributed by atoms with E-state index in [9.17, 15) is 40.2 Å². The first-order valence-electron chi connectivity index (χ1n) is 17.7. The summed E-state index contributed by atoms with van der Waals surface area (Å²) < 4.78 is 2.66. The Balaban J connectivity index is 1.37. The molecular weight excluding hydrogens is 995 g/mol. The van der Waals surface area contributed by atoms with Gasteiger partial charge in [-0.15, -0.1) is 0 Å². The normalized spacial score (nSPS) is 11.1. The highest BCUT2D eigenvalue weighted by molar-refractivity contribution is 9.11. The van der Waals surface area contributed by atoms with Crippen LogP contribution in [0.5, 0.6) is 0 Å². The molecule has 0 fully saturated rings. The summed E-state index contributed by atoms with van der Waals surface area (Å²) in [7, 11) is -6.71. The third-order valence-corrected chi connectivity index (χ3v) is 11.5. The molecule has 8 N–H and O–H groups in total. The Morgan fingerprint density at radius 1 is 0.224 bits per heavy atom. The van der Waals surface area contributed by atoms with E-state index in [1.807, 2.05) is 84.9 Å². The van der Waals surface area contributed by atoms with E-state index < -0.39 is 28.5 Å². The zero-order valence-corrected chi connectivity index (χ0v) is 36.4. The second kappa shape index (κ2) is 17.9. The van der Waals surface area contributed by atoms with E-state index in [4.69, 9.17) is 0 Å². The third kappa shape index (κ3) is 9.88. The van der Waals surface area contributed by atoms with Crippen LogP contribution in [0.3, 0.4) is 0 Å². The van der Waals surface area contributed by atoms with Crippen molar-refractivity contribution in [3.8, 4) is 66.8 Å². The van der Waals surface area contributed by atoms with E-state index in [1.165, 1.54) is 0 Å². The van der Waals surface area contributed by atoms with Crippen LogP contribution in [-0.4, -0.2) is 68.7 Å². The molecule has 0 spiro atoms. The smallest absolute Gasteiger partial charge is 0.423 e. The minimum atomic E-state index is -1.68. The van der Waals surface area contributed by atoms with Crippen molar-refractivity contribution in [1.82, 2.24) is 0 Å². The van der Waals surface area contributed by atoms with Crippen LogP contribution >= 0.6 is 63.7 Å². The lowest BCUT2D eigenvalue weighted by Gasteiger charge is -2.15. The van der Waals surface area contributed by atoms with Crippen molar-refractivity contribution >= 4 is 114 Å². The fraction of sp³-hybridized carbons (Fsp3) is 0. The lowest BCUT2D eigenvalue weighted by atomic mass is 9.78. The summed E-state index contributed by atoms with van der Waals surface area (Å²) in [6, 6.07) is 40.9. The number of rotatable bonds is 10. The molecule has 7 aromatic carbocycles. The molecule has 0 heterocycles. The van der Waals surface area contributed by atoms with Gasteiger partial charge in [0.25, 0.3) is 0 Å². The Kier molecular flexibility index (Phi) is 13.2. The van der Waals surface area contributed by atoms with Crippen molar-refractivity contribution < 1.29 is 40.2 Å². The zero-order chi connectivity index (χ0) is 41.4. The summed E-state index contributed by atoms with van der Waals surface area (Å²) in [5, 5.41) is 80.1. The number of hydrogen-bond acceptors (Lipinski definition) is 8. The lowest BCUT2D eigenvalue weighted by Crippen LogP contribution is -2.29. The molecule has 0 aromatic heterocycles. The SMILES string of the molecule is OB(O)c1cc(Br)cc(-c2cc(-c3ccc(-c4cc(-c5cc(Br)cc(B(O)O)c5)cc(-c5cc(Br)cc(B(O)O)c5)c4)cc3)cc(-c3cc(Br)cc(B(O)O)c3)c2)c1. The van der Waals surface area contributed by atoms with Crippen molar-refractivity contribution in [3.05, 3.63) is 151 Å². The predicted molar refractivity (Wildman–Crippen MR) is 249 cm³/mol. The van der Waals surface area contributed by atoms with Crippen LogP contribution in [0.25, 0.3) is 66.8 Å². The maximum atomic E-state index is 10.0. The minimum absolute atomic E-state index is 0.314. The third-order valence-electron chi connectivity index (χ3n) is 9.62. The molecule has 0 saturated carbocycles. The fourth-order valence-corrected chi connectivity index (χ4v) is 8.87. The Morgan fingerprint density at radius 3 is 0.586 bits per heavy atom. The molecule has 0 aliphatic heterocycles. The highest BCUT2D eigenvalue weighted by Crippen LogP contribution is 2.37. The first kappa shape index (κ1) is 42.5. The van der Waals surface area contributed by atoms with Crippen LogP contribution in [0.1, 0.15) is 0 Å². The van der Waals surface area contributed by atoms with Gasteiger partial charge < -0.3 is 40.2 Å². The molecule has 0 unspecified atom stereocenters. The molecule has 58 heavy (non-hydrogen) atoms. The van der Waals surface area contributed by atoms with Crippen molar-refractivity contribution in [1.29, 1.82) is 0 Å².